The Bertz CT molecular complexity index is 593. The van der Waals surface area contributed by atoms with Crippen molar-refractivity contribution in [1.29, 1.82) is 0 Å². The molecule has 0 fully saturated rings. The molecule has 1 aromatic heterocycles. The monoisotopic (exact) mass is 273 g/mol. The summed E-state index contributed by atoms with van der Waals surface area (Å²) in [7, 11) is 0. The molecule has 0 atom stereocenters. The van der Waals surface area contributed by atoms with Gasteiger partial charge < -0.3 is 0 Å². The van der Waals surface area contributed by atoms with Crippen LogP contribution in [0.5, 0.6) is 0 Å². The fourth-order valence-corrected chi connectivity index (χ4v) is 2.21. The number of aromatic nitrogens is 1. The molecule has 3 heteroatoms. The molecule has 2 aromatic rings. The lowest BCUT2D eigenvalue weighted by atomic mass is 9.99. The Morgan fingerprint density at radius 1 is 1.26 bits per heavy atom. The van der Waals surface area contributed by atoms with Gasteiger partial charge in [-0.1, -0.05) is 43.6 Å². The Kier molecular flexibility index (Phi) is 4.33. The molecule has 2 rings (SSSR count). The van der Waals surface area contributed by atoms with Gasteiger partial charge in [0.25, 0.3) is 0 Å². The summed E-state index contributed by atoms with van der Waals surface area (Å²) in [6, 6.07) is 11.1. The predicted octanol–water partition coefficient (Wildman–Crippen LogP) is 4.16. The van der Waals surface area contributed by atoms with Crippen LogP contribution in [0.25, 0.3) is 0 Å². The van der Waals surface area contributed by atoms with Crippen LogP contribution in [0.1, 0.15) is 35.5 Å². The van der Waals surface area contributed by atoms with E-state index in [1.807, 2.05) is 18.2 Å². The summed E-state index contributed by atoms with van der Waals surface area (Å²) in [5.74, 6) is 0.431. The maximum atomic E-state index is 12.4. The maximum absolute atomic E-state index is 12.4. The first-order chi connectivity index (χ1) is 9.08. The average molecular weight is 274 g/mol. The number of rotatable bonds is 4. The van der Waals surface area contributed by atoms with Gasteiger partial charge in [0.05, 0.1) is 5.02 Å². The van der Waals surface area contributed by atoms with Crippen LogP contribution in [-0.4, -0.2) is 10.8 Å². The van der Waals surface area contributed by atoms with Crippen molar-refractivity contribution in [2.24, 2.45) is 5.92 Å². The molecule has 1 heterocycles. The molecule has 0 bridgehead atoms. The van der Waals surface area contributed by atoms with Crippen molar-refractivity contribution < 1.29 is 4.79 Å². The molecular formula is C16H16ClNO. The molecule has 0 aliphatic heterocycles. The summed E-state index contributed by atoms with van der Waals surface area (Å²) in [5, 5.41) is 0.391. The van der Waals surface area contributed by atoms with Crippen LogP contribution in [0, 0.1) is 5.92 Å². The largest absolute Gasteiger partial charge is 0.287 e. The van der Waals surface area contributed by atoms with Gasteiger partial charge in [0, 0.05) is 11.8 Å². The number of nitrogens with zero attached hydrogens (tertiary/aromatic N) is 1. The van der Waals surface area contributed by atoms with Gasteiger partial charge in [-0.2, -0.15) is 0 Å². The predicted molar refractivity (Wildman–Crippen MR) is 77.7 cm³/mol. The second-order valence-electron chi connectivity index (χ2n) is 4.96. The van der Waals surface area contributed by atoms with Gasteiger partial charge >= 0.3 is 0 Å². The summed E-state index contributed by atoms with van der Waals surface area (Å²) in [6.07, 6.45) is 2.54. The molecule has 0 saturated carbocycles. The van der Waals surface area contributed by atoms with E-state index >= 15 is 0 Å². The van der Waals surface area contributed by atoms with Gasteiger partial charge in [-0.15, -0.1) is 0 Å². The number of benzene rings is 1. The van der Waals surface area contributed by atoms with E-state index in [9.17, 15) is 4.79 Å². The molecule has 0 unspecified atom stereocenters. The minimum absolute atomic E-state index is 0.129. The molecule has 0 spiro atoms. The van der Waals surface area contributed by atoms with E-state index in [1.165, 1.54) is 0 Å². The standard InChI is InChI=1S/C16H16ClNO/c1-11(2)9-12-5-3-6-13(10-12)16(19)15-14(17)7-4-8-18-15/h3-8,10-11H,9H2,1-2H3. The molecule has 0 radical (unpaired) electrons. The van der Waals surface area contributed by atoms with E-state index in [1.54, 1.807) is 24.4 Å². The van der Waals surface area contributed by atoms with Crippen molar-refractivity contribution in [3.63, 3.8) is 0 Å². The molecule has 1 aromatic carbocycles. The van der Waals surface area contributed by atoms with Gasteiger partial charge in [-0.3, -0.25) is 9.78 Å². The first-order valence-corrected chi connectivity index (χ1v) is 6.70. The zero-order valence-corrected chi connectivity index (χ0v) is 11.8. The number of carbonyl (C=O) groups is 1. The molecule has 0 N–H and O–H groups in total. The van der Waals surface area contributed by atoms with Crippen molar-refractivity contribution in [3.8, 4) is 0 Å². The number of hydrogen-bond acceptors (Lipinski definition) is 2. The quantitative estimate of drug-likeness (QED) is 0.783. The van der Waals surface area contributed by atoms with Gasteiger partial charge in [0.2, 0.25) is 5.78 Å². The third-order valence-electron chi connectivity index (χ3n) is 2.81. The van der Waals surface area contributed by atoms with Crippen LogP contribution in [0.4, 0.5) is 0 Å². The summed E-state index contributed by atoms with van der Waals surface area (Å²) in [4.78, 5) is 16.4. The summed E-state index contributed by atoms with van der Waals surface area (Å²) in [5.41, 5.74) is 2.11. The van der Waals surface area contributed by atoms with E-state index in [0.29, 0.717) is 22.2 Å². The Labute approximate surface area is 118 Å². The minimum atomic E-state index is -0.129. The summed E-state index contributed by atoms with van der Waals surface area (Å²) >= 11 is 6.01. The molecule has 2 nitrogen and oxygen atoms in total. The van der Waals surface area contributed by atoms with Gasteiger partial charge in [-0.25, -0.2) is 0 Å². The Balaban J connectivity index is 2.32. The average Bonchev–Trinajstić information content (AvgIpc) is 2.38. The van der Waals surface area contributed by atoms with Crippen molar-refractivity contribution in [3.05, 3.63) is 64.4 Å². The SMILES string of the molecule is CC(C)Cc1cccc(C(=O)c2ncccc2Cl)c1. The highest BCUT2D eigenvalue weighted by atomic mass is 35.5. The van der Waals surface area contributed by atoms with Gasteiger partial charge in [0.1, 0.15) is 5.69 Å². The fourth-order valence-electron chi connectivity index (χ4n) is 2.00. The van der Waals surface area contributed by atoms with E-state index in [2.05, 4.69) is 18.8 Å². The van der Waals surface area contributed by atoms with Crippen LogP contribution in [0.2, 0.25) is 5.02 Å². The van der Waals surface area contributed by atoms with Crippen molar-refractivity contribution >= 4 is 17.4 Å². The lowest BCUT2D eigenvalue weighted by molar-refractivity contribution is 0.103. The van der Waals surface area contributed by atoms with Crippen LogP contribution in [0.15, 0.2) is 42.6 Å². The topological polar surface area (TPSA) is 30.0 Å². The summed E-state index contributed by atoms with van der Waals surface area (Å²) in [6.45, 7) is 4.31. The zero-order chi connectivity index (χ0) is 13.8. The van der Waals surface area contributed by atoms with Crippen LogP contribution >= 0.6 is 11.6 Å². The molecule has 19 heavy (non-hydrogen) atoms. The normalized spacial score (nSPS) is 10.7. The van der Waals surface area contributed by atoms with Gasteiger partial charge in [0.15, 0.2) is 0 Å². The Morgan fingerprint density at radius 2 is 2.05 bits per heavy atom. The molecular weight excluding hydrogens is 258 g/mol. The smallest absolute Gasteiger partial charge is 0.212 e. The molecule has 0 saturated heterocycles. The molecule has 0 amide bonds. The number of hydrogen-bond donors (Lipinski definition) is 0. The number of halogens is 1. The third-order valence-corrected chi connectivity index (χ3v) is 3.11. The maximum Gasteiger partial charge on any atom is 0.212 e. The van der Waals surface area contributed by atoms with Crippen LogP contribution in [0.3, 0.4) is 0 Å². The van der Waals surface area contributed by atoms with Crippen molar-refractivity contribution in [1.82, 2.24) is 4.98 Å². The van der Waals surface area contributed by atoms with E-state index in [4.69, 9.17) is 11.6 Å². The van der Waals surface area contributed by atoms with Gasteiger partial charge in [-0.05, 0) is 36.1 Å². The lowest BCUT2D eigenvalue weighted by Crippen LogP contribution is -2.05. The third kappa shape index (κ3) is 3.42. The first-order valence-electron chi connectivity index (χ1n) is 6.32. The first kappa shape index (κ1) is 13.8. The highest BCUT2D eigenvalue weighted by Gasteiger charge is 2.14. The van der Waals surface area contributed by atoms with Crippen LogP contribution in [-0.2, 0) is 6.42 Å². The lowest BCUT2D eigenvalue weighted by Gasteiger charge is -2.07. The van der Waals surface area contributed by atoms with Crippen molar-refractivity contribution in [2.75, 3.05) is 0 Å². The van der Waals surface area contributed by atoms with E-state index < -0.39 is 0 Å². The summed E-state index contributed by atoms with van der Waals surface area (Å²) < 4.78 is 0. The second kappa shape index (κ2) is 5.98. The number of pyridine rings is 1. The molecule has 0 aliphatic rings. The molecule has 98 valence electrons. The highest BCUT2D eigenvalue weighted by Crippen LogP contribution is 2.18. The van der Waals surface area contributed by atoms with E-state index in [0.717, 1.165) is 12.0 Å². The minimum Gasteiger partial charge on any atom is -0.287 e. The Morgan fingerprint density at radius 3 is 2.74 bits per heavy atom. The van der Waals surface area contributed by atoms with E-state index in [-0.39, 0.29) is 5.78 Å². The highest BCUT2D eigenvalue weighted by molar-refractivity contribution is 6.34. The fraction of sp³-hybridized carbons (Fsp3) is 0.250. The number of ketones is 1. The van der Waals surface area contributed by atoms with Crippen molar-refractivity contribution in [2.45, 2.75) is 20.3 Å². The zero-order valence-electron chi connectivity index (χ0n) is 11.1. The van der Waals surface area contributed by atoms with Crippen LogP contribution < -0.4 is 0 Å². The molecule has 0 aliphatic carbocycles. The Hall–Kier alpha value is -1.67. The number of carbonyl (C=O) groups excluding carboxylic acids is 1. The second-order valence-corrected chi connectivity index (χ2v) is 5.37.